The number of carbonyl (C=O) groups excluding carboxylic acids is 2. The number of rotatable bonds is 6. The van der Waals surface area contributed by atoms with Crippen molar-refractivity contribution < 1.29 is 18.9 Å². The Kier molecular flexibility index (Phi) is 7.28. The van der Waals surface area contributed by atoms with Gasteiger partial charge in [0, 0.05) is 16.9 Å². The molecule has 1 heterocycles. The zero-order valence-corrected chi connectivity index (χ0v) is 18.5. The number of nitrogens with zero attached hydrogens (tertiary/aromatic N) is 2. The van der Waals surface area contributed by atoms with E-state index >= 15 is 0 Å². The maximum Gasteiger partial charge on any atom is 0.278 e. The summed E-state index contributed by atoms with van der Waals surface area (Å²) < 4.78 is 13.1. The standard InChI is InChI=1S/C24H31FN4O2/c1-24(2,3)29(17-22(30)26-20-11-9-19(25)10-12-20)23(31)18-27-13-15-28(16-14-27)21-7-5-4-6-8-21/h4-12H,13-18H2,1-3H3,(H,26,30)/p+1. The summed E-state index contributed by atoms with van der Waals surface area (Å²) in [6.07, 6.45) is 0. The molecule has 0 spiro atoms. The van der Waals surface area contributed by atoms with Gasteiger partial charge >= 0.3 is 0 Å². The molecule has 1 saturated heterocycles. The molecule has 1 fully saturated rings. The van der Waals surface area contributed by atoms with E-state index in [1.807, 2.05) is 39.0 Å². The van der Waals surface area contributed by atoms with E-state index in [-0.39, 0.29) is 24.2 Å². The van der Waals surface area contributed by atoms with Crippen molar-refractivity contribution in [3.05, 3.63) is 60.4 Å². The minimum atomic E-state index is -0.484. The van der Waals surface area contributed by atoms with Crippen molar-refractivity contribution in [2.75, 3.05) is 49.5 Å². The monoisotopic (exact) mass is 427 g/mol. The smallest absolute Gasteiger partial charge is 0.278 e. The van der Waals surface area contributed by atoms with E-state index < -0.39 is 5.54 Å². The minimum Gasteiger partial charge on any atom is -0.360 e. The normalized spacial score (nSPS) is 14.9. The molecular formula is C24H32FN4O2+. The van der Waals surface area contributed by atoms with Crippen LogP contribution in [0.2, 0.25) is 0 Å². The van der Waals surface area contributed by atoms with E-state index in [1.165, 1.54) is 34.9 Å². The molecule has 31 heavy (non-hydrogen) atoms. The Morgan fingerprint density at radius 1 is 1.03 bits per heavy atom. The highest BCUT2D eigenvalue weighted by Gasteiger charge is 2.32. The van der Waals surface area contributed by atoms with E-state index in [9.17, 15) is 14.0 Å². The van der Waals surface area contributed by atoms with Gasteiger partial charge in [-0.15, -0.1) is 0 Å². The molecule has 0 aromatic heterocycles. The Morgan fingerprint density at radius 2 is 1.65 bits per heavy atom. The van der Waals surface area contributed by atoms with Gasteiger partial charge in [-0.3, -0.25) is 9.59 Å². The zero-order valence-electron chi connectivity index (χ0n) is 18.5. The maximum atomic E-state index is 13.1. The van der Waals surface area contributed by atoms with Gasteiger partial charge in [0.15, 0.2) is 6.54 Å². The average molecular weight is 428 g/mol. The first-order valence-corrected chi connectivity index (χ1v) is 10.7. The second kappa shape index (κ2) is 9.92. The van der Waals surface area contributed by atoms with Gasteiger partial charge in [-0.25, -0.2) is 4.39 Å². The van der Waals surface area contributed by atoms with Crippen LogP contribution in [0.1, 0.15) is 20.8 Å². The lowest BCUT2D eigenvalue weighted by molar-refractivity contribution is -0.892. The van der Waals surface area contributed by atoms with Crippen LogP contribution in [0.4, 0.5) is 15.8 Å². The van der Waals surface area contributed by atoms with Gasteiger partial charge in [0.25, 0.3) is 5.91 Å². The molecule has 7 heteroatoms. The van der Waals surface area contributed by atoms with Gasteiger partial charge in [-0.2, -0.15) is 0 Å². The maximum absolute atomic E-state index is 13.1. The Balaban J connectivity index is 1.55. The molecule has 166 valence electrons. The number of hydrogen-bond acceptors (Lipinski definition) is 3. The molecule has 6 nitrogen and oxygen atoms in total. The van der Waals surface area contributed by atoms with Crippen LogP contribution in [0, 0.1) is 5.82 Å². The van der Waals surface area contributed by atoms with Crippen molar-refractivity contribution in [1.82, 2.24) is 4.90 Å². The molecule has 2 aromatic rings. The first kappa shape index (κ1) is 22.7. The lowest BCUT2D eigenvalue weighted by atomic mass is 10.1. The number of halogens is 1. The number of nitrogens with one attached hydrogen (secondary N) is 2. The van der Waals surface area contributed by atoms with E-state index in [2.05, 4.69) is 22.3 Å². The van der Waals surface area contributed by atoms with Gasteiger partial charge < -0.3 is 20.0 Å². The molecule has 0 bridgehead atoms. The highest BCUT2D eigenvalue weighted by Crippen LogP contribution is 2.15. The summed E-state index contributed by atoms with van der Waals surface area (Å²) in [5.41, 5.74) is 1.24. The fourth-order valence-corrected chi connectivity index (χ4v) is 3.78. The number of amides is 2. The van der Waals surface area contributed by atoms with E-state index in [0.29, 0.717) is 12.2 Å². The molecule has 1 aliphatic rings. The van der Waals surface area contributed by atoms with Crippen LogP contribution < -0.4 is 15.1 Å². The summed E-state index contributed by atoms with van der Waals surface area (Å²) >= 11 is 0. The third-order valence-electron chi connectivity index (χ3n) is 5.53. The van der Waals surface area contributed by atoms with Crippen molar-refractivity contribution in [1.29, 1.82) is 0 Å². The highest BCUT2D eigenvalue weighted by molar-refractivity contribution is 5.94. The number of hydrogen-bond donors (Lipinski definition) is 2. The predicted molar refractivity (Wildman–Crippen MR) is 121 cm³/mol. The first-order chi connectivity index (χ1) is 14.7. The van der Waals surface area contributed by atoms with Crippen molar-refractivity contribution >= 4 is 23.2 Å². The number of para-hydroxylation sites is 1. The molecule has 2 N–H and O–H groups in total. The third kappa shape index (κ3) is 6.52. The summed E-state index contributed by atoms with van der Waals surface area (Å²) in [7, 11) is 0. The summed E-state index contributed by atoms with van der Waals surface area (Å²) in [4.78, 5) is 30.8. The number of carbonyl (C=O) groups is 2. The molecule has 0 saturated carbocycles. The van der Waals surface area contributed by atoms with E-state index in [4.69, 9.17) is 0 Å². The van der Waals surface area contributed by atoms with Crippen molar-refractivity contribution in [3.63, 3.8) is 0 Å². The fraction of sp³-hybridized carbons (Fsp3) is 0.417. The van der Waals surface area contributed by atoms with Crippen LogP contribution in [0.15, 0.2) is 54.6 Å². The van der Waals surface area contributed by atoms with Gasteiger partial charge in [0.05, 0.1) is 26.2 Å². The molecule has 0 aliphatic carbocycles. The lowest BCUT2D eigenvalue weighted by Gasteiger charge is -2.38. The predicted octanol–water partition coefficient (Wildman–Crippen LogP) is 1.80. The summed E-state index contributed by atoms with van der Waals surface area (Å²) in [5.74, 6) is -0.691. The summed E-state index contributed by atoms with van der Waals surface area (Å²) in [6.45, 7) is 9.66. The zero-order chi connectivity index (χ0) is 22.4. The summed E-state index contributed by atoms with van der Waals surface area (Å²) in [5, 5.41) is 2.74. The van der Waals surface area contributed by atoms with E-state index in [1.54, 1.807) is 4.90 Å². The van der Waals surface area contributed by atoms with E-state index in [0.717, 1.165) is 26.2 Å². The second-order valence-electron chi connectivity index (χ2n) is 8.96. The van der Waals surface area contributed by atoms with Gasteiger partial charge in [-0.05, 0) is 57.2 Å². The largest absolute Gasteiger partial charge is 0.360 e. The Bertz CT molecular complexity index is 873. The van der Waals surface area contributed by atoms with Crippen LogP contribution >= 0.6 is 0 Å². The Labute approximate surface area is 183 Å². The van der Waals surface area contributed by atoms with Crippen molar-refractivity contribution in [2.45, 2.75) is 26.3 Å². The molecule has 0 atom stereocenters. The first-order valence-electron chi connectivity index (χ1n) is 10.7. The topological polar surface area (TPSA) is 57.1 Å². The highest BCUT2D eigenvalue weighted by atomic mass is 19.1. The average Bonchev–Trinajstić information content (AvgIpc) is 2.74. The van der Waals surface area contributed by atoms with Crippen LogP contribution in [0.25, 0.3) is 0 Å². The van der Waals surface area contributed by atoms with Gasteiger partial charge in [0.1, 0.15) is 12.4 Å². The molecule has 0 radical (unpaired) electrons. The number of quaternary nitrogens is 1. The Morgan fingerprint density at radius 3 is 2.23 bits per heavy atom. The molecule has 1 aliphatic heterocycles. The van der Waals surface area contributed by atoms with Crippen molar-refractivity contribution in [3.8, 4) is 0 Å². The van der Waals surface area contributed by atoms with Crippen LogP contribution in [-0.4, -0.2) is 61.5 Å². The second-order valence-corrected chi connectivity index (χ2v) is 8.96. The SMILES string of the molecule is CC(C)(C)N(CC(=O)Nc1ccc(F)cc1)C(=O)C[NH+]1CCN(c2ccccc2)CC1. The fourth-order valence-electron chi connectivity index (χ4n) is 3.78. The molecule has 2 amide bonds. The molecule has 3 rings (SSSR count). The number of benzene rings is 2. The lowest BCUT2D eigenvalue weighted by Crippen LogP contribution is -3.16. The van der Waals surface area contributed by atoms with Gasteiger partial charge in [0.2, 0.25) is 5.91 Å². The van der Waals surface area contributed by atoms with Crippen LogP contribution in [-0.2, 0) is 9.59 Å². The molecule has 0 unspecified atom stereocenters. The molecular weight excluding hydrogens is 395 g/mol. The Hall–Kier alpha value is -2.93. The minimum absolute atomic E-state index is 0.0371. The quantitative estimate of drug-likeness (QED) is 0.739. The van der Waals surface area contributed by atoms with Gasteiger partial charge in [-0.1, -0.05) is 18.2 Å². The van der Waals surface area contributed by atoms with Crippen LogP contribution in [0.3, 0.4) is 0 Å². The molecule has 2 aromatic carbocycles. The summed E-state index contributed by atoms with van der Waals surface area (Å²) in [6, 6.07) is 15.9. The third-order valence-corrected chi connectivity index (χ3v) is 5.53. The number of piperazine rings is 1. The number of anilines is 2. The van der Waals surface area contributed by atoms with Crippen LogP contribution in [0.5, 0.6) is 0 Å². The van der Waals surface area contributed by atoms with Crippen molar-refractivity contribution in [2.24, 2.45) is 0 Å².